The van der Waals surface area contributed by atoms with Gasteiger partial charge in [-0.15, -0.1) is 11.6 Å². The predicted molar refractivity (Wildman–Crippen MR) is 84.5 cm³/mol. The molecule has 21 heavy (non-hydrogen) atoms. The van der Waals surface area contributed by atoms with Gasteiger partial charge in [-0.1, -0.05) is 0 Å². The van der Waals surface area contributed by atoms with Crippen molar-refractivity contribution in [3.63, 3.8) is 0 Å². The summed E-state index contributed by atoms with van der Waals surface area (Å²) in [5, 5.41) is 0. The van der Waals surface area contributed by atoms with Crippen LogP contribution in [0.5, 0.6) is 0 Å². The van der Waals surface area contributed by atoms with Gasteiger partial charge in [-0.05, 0) is 39.3 Å². The SMILES string of the molecule is CCN(CC)C(=O)C(C)n1c(CCl)nc2cc(C)cnc21. The summed E-state index contributed by atoms with van der Waals surface area (Å²) in [5.41, 5.74) is 2.53. The van der Waals surface area contributed by atoms with Crippen molar-refractivity contribution in [1.29, 1.82) is 0 Å². The number of amides is 1. The van der Waals surface area contributed by atoms with Gasteiger partial charge in [0.25, 0.3) is 0 Å². The largest absolute Gasteiger partial charge is 0.341 e. The lowest BCUT2D eigenvalue weighted by Crippen LogP contribution is -2.36. The van der Waals surface area contributed by atoms with Crippen LogP contribution in [-0.2, 0) is 10.7 Å². The molecule has 5 nitrogen and oxygen atoms in total. The van der Waals surface area contributed by atoms with Crippen molar-refractivity contribution < 1.29 is 4.79 Å². The van der Waals surface area contributed by atoms with Gasteiger partial charge in [-0.2, -0.15) is 0 Å². The normalized spacial score (nSPS) is 12.6. The monoisotopic (exact) mass is 308 g/mol. The summed E-state index contributed by atoms with van der Waals surface area (Å²) >= 11 is 6.00. The van der Waals surface area contributed by atoms with Gasteiger partial charge in [0.15, 0.2) is 5.65 Å². The number of aryl methyl sites for hydroxylation is 1. The second kappa shape index (κ2) is 6.43. The van der Waals surface area contributed by atoms with Gasteiger partial charge in [-0.25, -0.2) is 9.97 Å². The van der Waals surface area contributed by atoms with E-state index in [2.05, 4.69) is 9.97 Å². The molecule has 0 N–H and O–H groups in total. The quantitative estimate of drug-likeness (QED) is 0.798. The molecule has 0 radical (unpaired) electrons. The first-order valence-corrected chi connectivity index (χ1v) is 7.75. The van der Waals surface area contributed by atoms with Crippen molar-refractivity contribution in [2.45, 2.75) is 39.6 Å². The minimum Gasteiger partial charge on any atom is -0.341 e. The molecule has 2 aromatic rings. The fourth-order valence-corrected chi connectivity index (χ4v) is 2.73. The van der Waals surface area contributed by atoms with E-state index in [1.807, 2.05) is 43.2 Å². The van der Waals surface area contributed by atoms with E-state index in [1.54, 1.807) is 6.20 Å². The van der Waals surface area contributed by atoms with Crippen molar-refractivity contribution >= 4 is 28.7 Å². The molecular formula is C15H21ClN4O. The molecule has 0 spiro atoms. The molecule has 0 saturated heterocycles. The van der Waals surface area contributed by atoms with E-state index < -0.39 is 0 Å². The van der Waals surface area contributed by atoms with Crippen molar-refractivity contribution in [3.8, 4) is 0 Å². The van der Waals surface area contributed by atoms with E-state index in [-0.39, 0.29) is 17.8 Å². The number of nitrogens with zero attached hydrogens (tertiary/aromatic N) is 4. The molecule has 2 heterocycles. The number of hydrogen-bond donors (Lipinski definition) is 0. The molecule has 0 aliphatic carbocycles. The Kier molecular flexibility index (Phi) is 4.83. The summed E-state index contributed by atoms with van der Waals surface area (Å²) in [6.07, 6.45) is 1.78. The standard InChI is InChI=1S/C15H21ClN4O/c1-5-19(6-2)15(21)11(4)20-13(8-16)18-12-7-10(3)9-17-14(12)20/h7,9,11H,5-6,8H2,1-4H3. The smallest absolute Gasteiger partial charge is 0.245 e. The molecule has 0 aliphatic heterocycles. The highest BCUT2D eigenvalue weighted by Gasteiger charge is 2.24. The molecule has 0 saturated carbocycles. The maximum atomic E-state index is 12.6. The van der Waals surface area contributed by atoms with Crippen LogP contribution < -0.4 is 0 Å². The first kappa shape index (κ1) is 15.8. The molecular weight excluding hydrogens is 288 g/mol. The van der Waals surface area contributed by atoms with Crippen molar-refractivity contribution in [1.82, 2.24) is 19.4 Å². The Morgan fingerprint density at radius 2 is 2.10 bits per heavy atom. The Morgan fingerprint density at radius 1 is 1.43 bits per heavy atom. The topological polar surface area (TPSA) is 51.0 Å². The Hall–Kier alpha value is -1.62. The molecule has 1 atom stereocenters. The van der Waals surface area contributed by atoms with E-state index in [0.29, 0.717) is 24.6 Å². The fraction of sp³-hybridized carbons (Fsp3) is 0.533. The van der Waals surface area contributed by atoms with Crippen molar-refractivity contribution in [3.05, 3.63) is 23.7 Å². The number of pyridine rings is 1. The van der Waals surface area contributed by atoms with E-state index in [1.165, 1.54) is 0 Å². The lowest BCUT2D eigenvalue weighted by molar-refractivity contribution is -0.133. The summed E-state index contributed by atoms with van der Waals surface area (Å²) in [5.74, 6) is 0.997. The lowest BCUT2D eigenvalue weighted by atomic mass is 10.2. The van der Waals surface area contributed by atoms with Crippen LogP contribution in [0.3, 0.4) is 0 Å². The molecule has 114 valence electrons. The van der Waals surface area contributed by atoms with Crippen LogP contribution >= 0.6 is 11.6 Å². The summed E-state index contributed by atoms with van der Waals surface area (Å²) in [6.45, 7) is 9.17. The third-order valence-corrected chi connectivity index (χ3v) is 3.92. The van der Waals surface area contributed by atoms with Gasteiger partial charge >= 0.3 is 0 Å². The Morgan fingerprint density at radius 3 is 2.67 bits per heavy atom. The highest BCUT2D eigenvalue weighted by atomic mass is 35.5. The van der Waals surface area contributed by atoms with Gasteiger partial charge in [0, 0.05) is 19.3 Å². The third kappa shape index (κ3) is 2.88. The zero-order valence-corrected chi connectivity index (χ0v) is 13.7. The zero-order chi connectivity index (χ0) is 15.6. The van der Waals surface area contributed by atoms with Gasteiger partial charge in [0.2, 0.25) is 5.91 Å². The van der Waals surface area contributed by atoms with Gasteiger partial charge in [0.1, 0.15) is 17.4 Å². The summed E-state index contributed by atoms with van der Waals surface area (Å²) in [6, 6.07) is 1.60. The number of aromatic nitrogens is 3. The van der Waals surface area contributed by atoms with E-state index in [4.69, 9.17) is 11.6 Å². The van der Waals surface area contributed by atoms with Gasteiger partial charge in [0.05, 0.1) is 5.88 Å². The van der Waals surface area contributed by atoms with Gasteiger partial charge < -0.3 is 4.90 Å². The summed E-state index contributed by atoms with van der Waals surface area (Å²) in [7, 11) is 0. The minimum atomic E-state index is -0.362. The van der Waals surface area contributed by atoms with Crippen molar-refractivity contribution in [2.75, 3.05) is 13.1 Å². The first-order valence-electron chi connectivity index (χ1n) is 7.21. The van der Waals surface area contributed by atoms with Crippen molar-refractivity contribution in [2.24, 2.45) is 0 Å². The fourth-order valence-electron chi connectivity index (χ4n) is 2.54. The number of halogens is 1. The molecule has 0 aromatic carbocycles. The molecule has 6 heteroatoms. The number of carbonyl (C=O) groups excluding carboxylic acids is 1. The van der Waals surface area contributed by atoms with Gasteiger partial charge in [-0.3, -0.25) is 9.36 Å². The van der Waals surface area contributed by atoms with E-state index in [0.717, 1.165) is 11.1 Å². The second-order valence-corrected chi connectivity index (χ2v) is 5.34. The second-order valence-electron chi connectivity index (χ2n) is 5.07. The Labute approximate surface area is 129 Å². The van der Waals surface area contributed by atoms with Crippen LogP contribution in [0.1, 0.15) is 38.2 Å². The average Bonchev–Trinajstić information content (AvgIpc) is 2.84. The zero-order valence-electron chi connectivity index (χ0n) is 12.9. The van der Waals surface area contributed by atoms with Crippen LogP contribution in [-0.4, -0.2) is 38.4 Å². The number of fused-ring (bicyclic) bond motifs is 1. The van der Waals surface area contributed by atoms with Crippen LogP contribution in [0, 0.1) is 6.92 Å². The molecule has 0 fully saturated rings. The number of alkyl halides is 1. The summed E-state index contributed by atoms with van der Waals surface area (Å²) < 4.78 is 1.85. The number of carbonyl (C=O) groups is 1. The van der Waals surface area contributed by atoms with E-state index >= 15 is 0 Å². The number of rotatable bonds is 5. The van der Waals surface area contributed by atoms with E-state index in [9.17, 15) is 4.79 Å². The van der Waals surface area contributed by atoms with Crippen LogP contribution in [0.2, 0.25) is 0 Å². The first-order chi connectivity index (χ1) is 10.0. The number of hydrogen-bond acceptors (Lipinski definition) is 3. The molecule has 2 aromatic heterocycles. The number of imidazole rings is 1. The highest BCUT2D eigenvalue weighted by molar-refractivity contribution is 6.16. The molecule has 1 amide bonds. The lowest BCUT2D eigenvalue weighted by Gasteiger charge is -2.24. The summed E-state index contributed by atoms with van der Waals surface area (Å²) in [4.78, 5) is 23.3. The van der Waals surface area contributed by atoms with Crippen LogP contribution in [0.15, 0.2) is 12.3 Å². The molecule has 2 rings (SSSR count). The maximum Gasteiger partial charge on any atom is 0.245 e. The minimum absolute atomic E-state index is 0.0630. The molecule has 0 bridgehead atoms. The Balaban J connectivity index is 2.51. The number of likely N-dealkylation sites (N-methyl/N-ethyl adjacent to an activating group) is 1. The Bertz CT molecular complexity index is 648. The average molecular weight is 309 g/mol. The highest BCUT2D eigenvalue weighted by Crippen LogP contribution is 2.23. The molecule has 0 aliphatic rings. The third-order valence-electron chi connectivity index (χ3n) is 3.68. The van der Waals surface area contributed by atoms with Crippen LogP contribution in [0.4, 0.5) is 0 Å². The molecule has 1 unspecified atom stereocenters. The van der Waals surface area contributed by atoms with Crippen LogP contribution in [0.25, 0.3) is 11.2 Å². The maximum absolute atomic E-state index is 12.6. The predicted octanol–water partition coefficient (Wildman–Crippen LogP) is 2.91.